The van der Waals surface area contributed by atoms with E-state index in [1.165, 1.54) is 23.1 Å². The van der Waals surface area contributed by atoms with Crippen LogP contribution in [0.5, 0.6) is 0 Å². The number of hydrogen-bond acceptors (Lipinski definition) is 2. The summed E-state index contributed by atoms with van der Waals surface area (Å²) in [5, 5.41) is 12.0. The first kappa shape index (κ1) is 39.5. The zero-order valence-corrected chi connectivity index (χ0v) is 32.2. The maximum absolute atomic E-state index is 14.9. The van der Waals surface area contributed by atoms with Gasteiger partial charge in [-0.2, -0.15) is 0 Å². The van der Waals surface area contributed by atoms with Gasteiger partial charge in [-0.3, -0.25) is 9.18 Å². The van der Waals surface area contributed by atoms with Crippen LogP contribution in [-0.4, -0.2) is 10.9 Å². The molecule has 3 nitrogen and oxygen atoms in total. The van der Waals surface area contributed by atoms with Crippen molar-refractivity contribution >= 4 is 16.6 Å². The molecule has 5 heteroatoms. The quantitative estimate of drug-likeness (QED) is 0.0659. The van der Waals surface area contributed by atoms with Crippen molar-refractivity contribution in [3.05, 3.63) is 133 Å². The molecular weight excluding hydrogens is 786 g/mol. The number of ketones is 1. The number of allylic oxidation sites excluding steroid dienone is 2. The molecule has 0 saturated carbocycles. The summed E-state index contributed by atoms with van der Waals surface area (Å²) in [7, 11) is 0. The third-order valence-corrected chi connectivity index (χ3v) is 9.06. The van der Waals surface area contributed by atoms with Crippen molar-refractivity contribution in [2.75, 3.05) is 0 Å². The molecule has 0 aliphatic carbocycles. The largest absolute Gasteiger partial charge is 0.512 e. The van der Waals surface area contributed by atoms with Crippen molar-refractivity contribution < 1.29 is 39.0 Å². The molecule has 49 heavy (non-hydrogen) atoms. The second kappa shape index (κ2) is 18.2. The Morgan fingerprint density at radius 2 is 1.37 bits per heavy atom. The third-order valence-electron chi connectivity index (χ3n) is 9.06. The van der Waals surface area contributed by atoms with E-state index in [0.29, 0.717) is 5.56 Å². The predicted octanol–water partition coefficient (Wildman–Crippen LogP) is 11.4. The van der Waals surface area contributed by atoms with Gasteiger partial charge in [0.1, 0.15) is 0 Å². The minimum absolute atomic E-state index is 0. The Balaban J connectivity index is 0.000000347. The zero-order chi connectivity index (χ0) is 34.8. The minimum atomic E-state index is -0.296. The summed E-state index contributed by atoms with van der Waals surface area (Å²) in [5.74, 6) is 0.252. The number of fused-ring (bicyclic) bond motifs is 1. The molecule has 0 aliphatic heterocycles. The fourth-order valence-electron chi connectivity index (χ4n) is 6.00. The third kappa shape index (κ3) is 10.1. The number of aliphatic hydroxyl groups excluding tert-OH is 1. The second-order valence-electron chi connectivity index (χ2n) is 13.3. The van der Waals surface area contributed by atoms with Crippen molar-refractivity contribution in [1.82, 2.24) is 0 Å². The molecule has 0 spiro atoms. The fraction of sp³-hybridized carbons (Fsp3) is 0.318. The molecule has 0 aliphatic rings. The summed E-state index contributed by atoms with van der Waals surface area (Å²) in [5.41, 5.74) is 5.64. The van der Waals surface area contributed by atoms with Crippen LogP contribution in [0.3, 0.4) is 0 Å². The summed E-state index contributed by atoms with van der Waals surface area (Å²) >= 11 is 0. The number of pyridine rings is 1. The molecule has 1 radical (unpaired) electrons. The predicted molar refractivity (Wildman–Crippen MR) is 197 cm³/mol. The van der Waals surface area contributed by atoms with Crippen LogP contribution in [0.4, 0.5) is 4.39 Å². The van der Waals surface area contributed by atoms with Gasteiger partial charge in [0.15, 0.2) is 12.0 Å². The van der Waals surface area contributed by atoms with Crippen LogP contribution in [0.15, 0.2) is 109 Å². The molecule has 0 bridgehead atoms. The molecule has 5 aromatic rings. The Labute approximate surface area is 306 Å². The Bertz CT molecular complexity index is 1830. The van der Waals surface area contributed by atoms with Crippen LogP contribution in [0.1, 0.15) is 79.7 Å². The Kier molecular flexibility index (Phi) is 14.7. The average molecular weight is 835 g/mol. The summed E-state index contributed by atoms with van der Waals surface area (Å²) in [6.45, 7) is 14.7. The molecule has 5 rings (SSSR count). The van der Waals surface area contributed by atoms with Crippen molar-refractivity contribution in [2.45, 2.75) is 79.6 Å². The van der Waals surface area contributed by atoms with E-state index in [1.807, 2.05) is 80.8 Å². The first-order valence-electron chi connectivity index (χ1n) is 17.2. The van der Waals surface area contributed by atoms with E-state index in [4.69, 9.17) is 0 Å². The van der Waals surface area contributed by atoms with Gasteiger partial charge in [-0.15, -0.1) is 40.6 Å². The number of carbonyl (C=O) groups excluding carboxylic acids is 1. The van der Waals surface area contributed by atoms with E-state index in [2.05, 4.69) is 69.4 Å². The molecule has 1 N–H and O–H groups in total. The number of rotatable bonds is 10. The Hall–Kier alpha value is -3.92. The first-order valence-corrected chi connectivity index (χ1v) is 17.2. The molecule has 0 saturated heterocycles. The van der Waals surface area contributed by atoms with Crippen molar-refractivity contribution in [3.63, 3.8) is 0 Å². The number of carbonyl (C=O) groups is 1. The van der Waals surface area contributed by atoms with Crippen molar-refractivity contribution in [3.8, 4) is 27.9 Å². The summed E-state index contributed by atoms with van der Waals surface area (Å²) in [6, 6.07) is 33.5. The van der Waals surface area contributed by atoms with Gasteiger partial charge < -0.3 is 9.67 Å². The second-order valence-corrected chi connectivity index (χ2v) is 13.3. The average Bonchev–Trinajstić information content (AvgIpc) is 3.09. The van der Waals surface area contributed by atoms with Gasteiger partial charge in [-0.1, -0.05) is 115 Å². The topological polar surface area (TPSA) is 41.2 Å². The molecule has 1 aromatic heterocycles. The van der Waals surface area contributed by atoms with Crippen LogP contribution in [0.25, 0.3) is 38.7 Å². The maximum atomic E-state index is 14.9. The fourth-order valence-corrected chi connectivity index (χ4v) is 6.00. The van der Waals surface area contributed by atoms with E-state index in [9.17, 15) is 14.3 Å². The van der Waals surface area contributed by atoms with Crippen LogP contribution in [-0.2, 0) is 30.3 Å². The van der Waals surface area contributed by atoms with E-state index in [1.54, 1.807) is 6.20 Å². The van der Waals surface area contributed by atoms with E-state index >= 15 is 0 Å². The van der Waals surface area contributed by atoms with Gasteiger partial charge in [0.05, 0.1) is 17.8 Å². The van der Waals surface area contributed by atoms with Gasteiger partial charge >= 0.3 is 0 Å². The van der Waals surface area contributed by atoms with Gasteiger partial charge in [0.2, 0.25) is 0 Å². The smallest absolute Gasteiger partial charge is 0.162 e. The summed E-state index contributed by atoms with van der Waals surface area (Å²) in [6.07, 6.45) is 9.77. The van der Waals surface area contributed by atoms with E-state index in [0.717, 1.165) is 53.4 Å². The Morgan fingerprint density at radius 3 is 1.96 bits per heavy atom. The summed E-state index contributed by atoms with van der Waals surface area (Å²) < 4.78 is 16.7. The Morgan fingerprint density at radius 1 is 0.816 bits per heavy atom. The van der Waals surface area contributed by atoms with Crippen LogP contribution in [0, 0.1) is 29.9 Å². The van der Waals surface area contributed by atoms with Crippen LogP contribution < -0.4 is 4.57 Å². The monoisotopic (exact) mass is 835 g/mol. The molecular formula is C44H49FIrNO2-. The standard InChI is InChI=1S/C31H25FN.C13H24O2.Ir/c1-31(2,3)29-20-26(19-25-11-7-8-12-27(25)29)33-18-17-30(32)28(21-33)24-15-13-23(14-16-24)22-9-5-4-6-10-22;1-5-10(6-2)12(14)9-13(15)11(7-3)8-4;/h4-17,20-21H,1-3H3;9-11,14H,5-8H2,1-4H3;/q-1;;/b;12-9-;. The number of nitrogens with zero attached hydrogens (tertiary/aromatic N) is 1. The number of hydrogen-bond donors (Lipinski definition) is 1. The maximum Gasteiger partial charge on any atom is 0.162 e. The van der Waals surface area contributed by atoms with Crippen molar-refractivity contribution in [1.29, 1.82) is 0 Å². The number of aromatic nitrogens is 1. The van der Waals surface area contributed by atoms with Gasteiger partial charge in [0.25, 0.3) is 0 Å². The summed E-state index contributed by atoms with van der Waals surface area (Å²) in [4.78, 5) is 11.7. The molecule has 259 valence electrons. The molecule has 1 heterocycles. The van der Waals surface area contributed by atoms with Gasteiger partial charge in [0, 0.05) is 43.7 Å². The number of aliphatic hydroxyl groups is 1. The SMILES string of the molecule is CC(C)(C)c1cc(-[n+]2[c-]cc(F)c(-c3ccc(-c4ccccc4)cc3)c2)[c-]c2ccccc12.CCC(CC)C(=O)/C=C(\O)C(CC)CC.[Ir]. The molecule has 0 amide bonds. The first-order chi connectivity index (χ1) is 23.0. The van der Waals surface area contributed by atoms with Gasteiger partial charge in [-0.05, 0) is 59.4 Å². The van der Waals surface area contributed by atoms with Crippen molar-refractivity contribution in [2.24, 2.45) is 11.8 Å². The zero-order valence-electron chi connectivity index (χ0n) is 29.8. The molecule has 0 fully saturated rings. The van der Waals surface area contributed by atoms with E-state index in [-0.39, 0.29) is 54.7 Å². The molecule has 0 unspecified atom stereocenters. The van der Waals surface area contributed by atoms with Crippen LogP contribution in [0.2, 0.25) is 0 Å². The minimum Gasteiger partial charge on any atom is -0.512 e. The molecule has 0 atom stereocenters. The molecule has 4 aromatic carbocycles. The number of halogens is 1. The van der Waals surface area contributed by atoms with Gasteiger partial charge in [-0.25, -0.2) is 0 Å². The normalized spacial score (nSPS) is 11.7. The van der Waals surface area contributed by atoms with E-state index < -0.39 is 0 Å². The number of benzene rings is 4. The van der Waals surface area contributed by atoms with Crippen LogP contribution >= 0.6 is 0 Å².